The number of nitrogens with zero attached hydrogens (tertiary/aromatic N) is 1. The molecule has 0 fully saturated rings. The summed E-state index contributed by atoms with van der Waals surface area (Å²) in [4.78, 5) is 36.0. The topological polar surface area (TPSA) is 108 Å². The Balaban J connectivity index is 4.01. The predicted molar refractivity (Wildman–Crippen MR) is 422 cm³/mol. The fourth-order valence-electron chi connectivity index (χ4n) is 11.6. The first-order valence-corrected chi connectivity index (χ1v) is 42.3. The van der Waals surface area contributed by atoms with Gasteiger partial charge in [-0.05, 0) is 89.9 Å². The number of unbranched alkanes of at least 4 members (excludes halogenated alkanes) is 41. The highest BCUT2D eigenvalue weighted by molar-refractivity contribution is 7.47. The van der Waals surface area contributed by atoms with E-state index in [9.17, 15) is 19.0 Å². The summed E-state index contributed by atoms with van der Waals surface area (Å²) >= 11 is 0. The van der Waals surface area contributed by atoms with Gasteiger partial charge in [0, 0.05) is 12.8 Å². The molecule has 1 N–H and O–H groups in total. The highest BCUT2D eigenvalue weighted by atomic mass is 31.2. The summed E-state index contributed by atoms with van der Waals surface area (Å²) in [5.74, 6) is -0.798. The minimum absolute atomic E-state index is 0.0264. The van der Waals surface area contributed by atoms with Crippen molar-refractivity contribution in [3.63, 3.8) is 0 Å². The molecule has 97 heavy (non-hydrogen) atoms. The van der Waals surface area contributed by atoms with E-state index in [1.807, 2.05) is 21.1 Å². The third-order valence-electron chi connectivity index (χ3n) is 17.8. The molecule has 0 saturated carbocycles. The lowest BCUT2D eigenvalue weighted by atomic mass is 10.0. The van der Waals surface area contributed by atoms with Crippen LogP contribution in [0.5, 0.6) is 0 Å². The molecule has 2 atom stereocenters. The van der Waals surface area contributed by atoms with Crippen LogP contribution in [0, 0.1) is 0 Å². The molecule has 0 aromatic carbocycles. The van der Waals surface area contributed by atoms with Crippen molar-refractivity contribution < 1.29 is 42.1 Å². The number of phosphoric ester groups is 1. The third-order valence-corrected chi connectivity index (χ3v) is 18.7. The largest absolute Gasteiger partial charge is 0.472 e. The Morgan fingerprint density at radius 2 is 0.588 bits per heavy atom. The van der Waals surface area contributed by atoms with Crippen molar-refractivity contribution in [1.82, 2.24) is 0 Å². The smallest absolute Gasteiger partial charge is 0.462 e. The van der Waals surface area contributed by atoms with Gasteiger partial charge >= 0.3 is 19.8 Å². The minimum Gasteiger partial charge on any atom is -0.462 e. The first kappa shape index (κ1) is 93.4. The zero-order valence-corrected chi connectivity index (χ0v) is 64.9. The molecule has 0 aliphatic rings. The Morgan fingerprint density at radius 1 is 0.330 bits per heavy atom. The van der Waals surface area contributed by atoms with Crippen molar-refractivity contribution in [3.8, 4) is 0 Å². The van der Waals surface area contributed by atoms with Gasteiger partial charge < -0.3 is 18.9 Å². The lowest BCUT2D eigenvalue weighted by Crippen LogP contribution is -2.37. The lowest BCUT2D eigenvalue weighted by Gasteiger charge is -2.24. The van der Waals surface area contributed by atoms with Gasteiger partial charge in [-0.15, -0.1) is 0 Å². The van der Waals surface area contributed by atoms with Gasteiger partial charge in [-0.2, -0.15) is 0 Å². The molecule has 0 aromatic rings. The number of hydrogen-bond donors (Lipinski definition) is 1. The van der Waals surface area contributed by atoms with Crippen LogP contribution < -0.4 is 0 Å². The van der Waals surface area contributed by atoms with Crippen molar-refractivity contribution >= 4 is 19.8 Å². The van der Waals surface area contributed by atoms with E-state index < -0.39 is 26.5 Å². The predicted octanol–water partition coefficient (Wildman–Crippen LogP) is 27.3. The molecule has 9 nitrogen and oxygen atoms in total. The Hall–Kier alpha value is -3.59. The molecule has 0 aliphatic heterocycles. The third kappa shape index (κ3) is 81.3. The average molecular weight is 1370 g/mol. The molecule has 10 heteroatoms. The van der Waals surface area contributed by atoms with Crippen molar-refractivity contribution in [2.24, 2.45) is 0 Å². The summed E-state index contributed by atoms with van der Waals surface area (Å²) in [6.07, 6.45) is 111. The summed E-state index contributed by atoms with van der Waals surface area (Å²) in [5.41, 5.74) is 0. The van der Waals surface area contributed by atoms with Gasteiger partial charge in [0.2, 0.25) is 0 Å². The number of esters is 2. The SMILES string of the molecule is CC/C=C\C/C=C\C/C=C\C/C=C\C/C=C\C/C=C\C/C=C\C/C=C\C/C=C\C/C=C\CCCCCCCCCCC(=O)OC(COC(=O)CCCCCCCCCCCCCCCCCCCCCCCCCCCCCCCCCCCC)COP(=O)(O)OCC[N+](C)(C)C. The van der Waals surface area contributed by atoms with E-state index in [2.05, 4.69) is 135 Å². The van der Waals surface area contributed by atoms with Gasteiger partial charge in [0.05, 0.1) is 27.7 Å². The monoisotopic (exact) mass is 1370 g/mol. The number of quaternary nitrogens is 1. The zero-order chi connectivity index (χ0) is 70.4. The second kappa shape index (κ2) is 76.6. The van der Waals surface area contributed by atoms with Crippen LogP contribution in [-0.4, -0.2) is 74.9 Å². The van der Waals surface area contributed by atoms with Crippen LogP contribution in [0.1, 0.15) is 367 Å². The van der Waals surface area contributed by atoms with E-state index in [1.54, 1.807) is 0 Å². The van der Waals surface area contributed by atoms with E-state index in [0.29, 0.717) is 17.4 Å². The fourth-order valence-corrected chi connectivity index (χ4v) is 12.3. The Bertz CT molecular complexity index is 2060. The molecule has 0 bridgehead atoms. The van der Waals surface area contributed by atoms with E-state index >= 15 is 0 Å². The molecule has 0 heterocycles. The maximum atomic E-state index is 12.9. The van der Waals surface area contributed by atoms with Crippen LogP contribution in [0.4, 0.5) is 0 Å². The van der Waals surface area contributed by atoms with Gasteiger partial charge in [-0.3, -0.25) is 18.6 Å². The molecule has 0 saturated heterocycles. The van der Waals surface area contributed by atoms with Gasteiger partial charge in [0.1, 0.15) is 19.8 Å². The first-order valence-electron chi connectivity index (χ1n) is 40.8. The van der Waals surface area contributed by atoms with Crippen molar-refractivity contribution in [2.75, 3.05) is 47.5 Å². The number of allylic oxidation sites excluding steroid dienone is 20. The Labute approximate surface area is 600 Å². The molecule has 560 valence electrons. The minimum atomic E-state index is -4.40. The normalized spacial score (nSPS) is 13.7. The highest BCUT2D eigenvalue weighted by Crippen LogP contribution is 2.43. The van der Waals surface area contributed by atoms with Gasteiger partial charge in [-0.1, -0.05) is 386 Å². The molecule has 0 aromatic heterocycles. The second-order valence-corrected chi connectivity index (χ2v) is 29.9. The van der Waals surface area contributed by atoms with Crippen molar-refractivity contribution in [2.45, 2.75) is 373 Å². The average Bonchev–Trinajstić information content (AvgIpc) is 1.69. The van der Waals surface area contributed by atoms with E-state index in [4.69, 9.17) is 18.5 Å². The molecular formula is C87H155NO8P+. The van der Waals surface area contributed by atoms with Crippen LogP contribution >= 0.6 is 7.82 Å². The molecule has 0 rings (SSSR count). The first-order chi connectivity index (χ1) is 47.5. The van der Waals surface area contributed by atoms with Crippen LogP contribution in [0.25, 0.3) is 0 Å². The Morgan fingerprint density at radius 3 is 0.876 bits per heavy atom. The maximum Gasteiger partial charge on any atom is 0.472 e. The summed E-state index contributed by atoms with van der Waals surface area (Å²) < 4.78 is 34.8. The van der Waals surface area contributed by atoms with Crippen molar-refractivity contribution in [1.29, 1.82) is 0 Å². The standard InChI is InChI=1S/C87H154NO8P/c1-6-8-10-12-14-16-18-20-22-24-26-28-30-32-34-36-38-40-42-43-44-45-46-48-50-52-54-56-58-60-62-64-66-68-70-72-74-76-78-80-87(90)96-85(84-95-97(91,92)94-82-81-88(3,4)5)83-93-86(89)79-77-75-73-71-69-67-65-63-61-59-57-55-53-51-49-47-41-39-37-35-33-31-29-27-25-23-21-19-17-15-13-11-9-7-2/h8,10,14,16,20,22,26,28,32,34,38,40,43-44,46,48,52,54,58,60,85H,6-7,9,11-13,15,17-19,21,23-25,27,29-31,33,35-37,39,41-42,45,47,49-51,53,55-57,59,61-84H2,1-5H3/p+1/b10-8-,16-14-,22-20-,28-26-,34-32-,40-38-,44-43-,48-46-,54-52-,60-58-. The van der Waals surface area contributed by atoms with E-state index in [1.165, 1.54) is 225 Å². The van der Waals surface area contributed by atoms with Crippen molar-refractivity contribution in [3.05, 3.63) is 122 Å². The van der Waals surface area contributed by atoms with Gasteiger partial charge in [0.15, 0.2) is 6.10 Å². The zero-order valence-electron chi connectivity index (χ0n) is 64.0. The summed E-state index contributed by atoms with van der Waals surface area (Å²) in [7, 11) is 1.47. The number of carbonyl (C=O) groups is 2. The molecule has 0 amide bonds. The molecular weight excluding hydrogens is 1220 g/mol. The highest BCUT2D eigenvalue weighted by Gasteiger charge is 2.27. The quantitative estimate of drug-likeness (QED) is 0.0211. The van der Waals surface area contributed by atoms with Crippen LogP contribution in [0.3, 0.4) is 0 Å². The molecule has 0 aliphatic carbocycles. The molecule has 0 radical (unpaired) electrons. The van der Waals surface area contributed by atoms with Gasteiger partial charge in [-0.25, -0.2) is 4.57 Å². The summed E-state index contributed by atoms with van der Waals surface area (Å²) in [5, 5.41) is 0. The summed E-state index contributed by atoms with van der Waals surface area (Å²) in [6, 6.07) is 0. The Kier molecular flexibility index (Phi) is 73.8. The lowest BCUT2D eigenvalue weighted by molar-refractivity contribution is -0.870. The molecule has 0 spiro atoms. The van der Waals surface area contributed by atoms with E-state index in [-0.39, 0.29) is 32.0 Å². The molecule has 2 unspecified atom stereocenters. The van der Waals surface area contributed by atoms with Crippen LogP contribution in [0.2, 0.25) is 0 Å². The number of hydrogen-bond acceptors (Lipinski definition) is 7. The number of ether oxygens (including phenoxy) is 2. The summed E-state index contributed by atoms with van der Waals surface area (Å²) in [6.45, 7) is 4.35. The van der Waals surface area contributed by atoms with E-state index in [0.717, 1.165) is 109 Å². The van der Waals surface area contributed by atoms with Crippen LogP contribution in [-0.2, 0) is 32.7 Å². The maximum absolute atomic E-state index is 12.9. The number of phosphoric acid groups is 1. The second-order valence-electron chi connectivity index (χ2n) is 28.4. The number of likely N-dealkylation sites (N-methyl/N-ethyl adjacent to an activating group) is 1. The fraction of sp³-hybridized carbons (Fsp3) is 0.747. The number of carbonyl (C=O) groups excluding carboxylic acids is 2. The van der Waals surface area contributed by atoms with Gasteiger partial charge in [0.25, 0.3) is 0 Å². The van der Waals surface area contributed by atoms with Crippen LogP contribution in [0.15, 0.2) is 122 Å². The number of rotatable bonds is 75.